The lowest BCUT2D eigenvalue weighted by Gasteiger charge is -2.08. The van der Waals surface area contributed by atoms with E-state index in [1.54, 1.807) is 18.2 Å². The highest BCUT2D eigenvalue weighted by Gasteiger charge is 2.21. The van der Waals surface area contributed by atoms with Crippen molar-refractivity contribution in [3.8, 4) is 5.75 Å². The molecule has 3 aromatic rings. The van der Waals surface area contributed by atoms with Crippen molar-refractivity contribution in [3.05, 3.63) is 60.4 Å². The molecule has 0 aliphatic carbocycles. The van der Waals surface area contributed by atoms with Crippen molar-refractivity contribution in [3.63, 3.8) is 0 Å². The summed E-state index contributed by atoms with van der Waals surface area (Å²) in [6.45, 7) is 3.78. The quantitative estimate of drug-likeness (QED) is 0.640. The average Bonchev–Trinajstić information content (AvgIpc) is 3.27. The maximum Gasteiger partial charge on any atom is 0.356 e. The molecule has 0 unspecified atom stereocenters. The SMILES string of the molecule is CC(C)c1ncc(S(=O)(=O)Oc2cccc(NC(=O)c3ccco3)c2)[nH]1. The van der Waals surface area contributed by atoms with Gasteiger partial charge in [0, 0.05) is 17.7 Å². The third-order valence-corrected chi connectivity index (χ3v) is 4.59. The number of anilines is 1. The second-order valence-electron chi connectivity index (χ2n) is 5.78. The number of benzene rings is 1. The van der Waals surface area contributed by atoms with Crippen LogP contribution >= 0.6 is 0 Å². The fraction of sp³-hybridized carbons (Fsp3) is 0.176. The molecule has 2 aromatic heterocycles. The van der Waals surface area contributed by atoms with Gasteiger partial charge in [0.1, 0.15) is 11.6 Å². The number of imidazole rings is 1. The minimum atomic E-state index is -4.06. The Balaban J connectivity index is 1.76. The van der Waals surface area contributed by atoms with E-state index in [-0.39, 0.29) is 22.5 Å². The van der Waals surface area contributed by atoms with Gasteiger partial charge in [0.05, 0.1) is 12.5 Å². The fourth-order valence-corrected chi connectivity index (χ4v) is 3.00. The molecule has 0 fully saturated rings. The monoisotopic (exact) mass is 375 g/mol. The largest absolute Gasteiger partial charge is 0.459 e. The van der Waals surface area contributed by atoms with Crippen LogP contribution in [0.25, 0.3) is 0 Å². The summed E-state index contributed by atoms with van der Waals surface area (Å²) < 4.78 is 34.9. The molecular weight excluding hydrogens is 358 g/mol. The number of furan rings is 1. The smallest absolute Gasteiger partial charge is 0.356 e. The van der Waals surface area contributed by atoms with Gasteiger partial charge in [0.15, 0.2) is 10.8 Å². The molecule has 3 rings (SSSR count). The van der Waals surface area contributed by atoms with Crippen LogP contribution < -0.4 is 9.50 Å². The number of aromatic nitrogens is 2. The number of rotatable bonds is 6. The molecule has 0 aliphatic heterocycles. The summed E-state index contributed by atoms with van der Waals surface area (Å²) in [5, 5.41) is 2.47. The number of amides is 1. The average molecular weight is 375 g/mol. The van der Waals surface area contributed by atoms with Gasteiger partial charge < -0.3 is 18.9 Å². The topological polar surface area (TPSA) is 114 Å². The van der Waals surface area contributed by atoms with Crippen molar-refractivity contribution in [2.24, 2.45) is 0 Å². The van der Waals surface area contributed by atoms with Crippen molar-refractivity contribution in [1.29, 1.82) is 0 Å². The number of carbonyl (C=O) groups is 1. The first kappa shape index (κ1) is 17.7. The summed E-state index contributed by atoms with van der Waals surface area (Å²) in [5.74, 6) is 0.349. The van der Waals surface area contributed by atoms with Crippen molar-refractivity contribution >= 4 is 21.7 Å². The van der Waals surface area contributed by atoms with Crippen molar-refractivity contribution in [2.45, 2.75) is 24.8 Å². The lowest BCUT2D eigenvalue weighted by atomic mass is 10.2. The third kappa shape index (κ3) is 3.94. The first-order chi connectivity index (χ1) is 12.3. The molecule has 0 saturated heterocycles. The predicted molar refractivity (Wildman–Crippen MR) is 93.6 cm³/mol. The summed E-state index contributed by atoms with van der Waals surface area (Å²) in [5.41, 5.74) is 0.367. The number of nitrogens with zero attached hydrogens (tertiary/aromatic N) is 1. The van der Waals surface area contributed by atoms with Crippen molar-refractivity contribution in [2.75, 3.05) is 5.32 Å². The Morgan fingerprint density at radius 1 is 1.27 bits per heavy atom. The molecular formula is C17H17N3O5S. The molecule has 26 heavy (non-hydrogen) atoms. The predicted octanol–water partition coefficient (Wildman–Crippen LogP) is 3.15. The molecule has 0 bridgehead atoms. The molecule has 0 spiro atoms. The van der Waals surface area contributed by atoms with Gasteiger partial charge in [0.2, 0.25) is 0 Å². The van der Waals surface area contributed by atoms with Crippen LogP contribution in [0.1, 0.15) is 36.1 Å². The van der Waals surface area contributed by atoms with Gasteiger partial charge >= 0.3 is 10.1 Å². The zero-order valence-corrected chi connectivity index (χ0v) is 14.9. The van der Waals surface area contributed by atoms with E-state index in [0.29, 0.717) is 11.5 Å². The molecule has 2 heterocycles. The van der Waals surface area contributed by atoms with Gasteiger partial charge in [-0.2, -0.15) is 8.42 Å². The maximum atomic E-state index is 12.4. The van der Waals surface area contributed by atoms with E-state index >= 15 is 0 Å². The standard InChI is InChI=1S/C17H17N3O5S/c1-11(2)16-18-10-15(20-16)26(22,23)25-13-6-3-5-12(9-13)19-17(21)14-7-4-8-24-14/h3-11H,1-2H3,(H,18,20)(H,19,21). The van der Waals surface area contributed by atoms with Gasteiger partial charge in [-0.05, 0) is 24.3 Å². The zero-order chi connectivity index (χ0) is 18.7. The molecule has 136 valence electrons. The minimum Gasteiger partial charge on any atom is -0.459 e. The molecule has 0 radical (unpaired) electrons. The lowest BCUT2D eigenvalue weighted by molar-refractivity contribution is 0.0996. The first-order valence-electron chi connectivity index (χ1n) is 7.79. The first-order valence-corrected chi connectivity index (χ1v) is 9.20. The summed E-state index contributed by atoms with van der Waals surface area (Å²) in [6.07, 6.45) is 2.60. The van der Waals surface area contributed by atoms with Crippen LogP contribution in [0.5, 0.6) is 5.75 Å². The van der Waals surface area contributed by atoms with E-state index in [2.05, 4.69) is 15.3 Å². The molecule has 1 amide bonds. The van der Waals surface area contributed by atoms with E-state index in [0.717, 1.165) is 0 Å². The molecule has 0 atom stereocenters. The van der Waals surface area contributed by atoms with Crippen molar-refractivity contribution in [1.82, 2.24) is 9.97 Å². The van der Waals surface area contributed by atoms with Crippen LogP contribution in [0, 0.1) is 0 Å². The number of H-pyrrole nitrogens is 1. The van der Waals surface area contributed by atoms with E-state index in [4.69, 9.17) is 8.60 Å². The van der Waals surface area contributed by atoms with Gasteiger partial charge in [-0.15, -0.1) is 0 Å². The highest BCUT2D eigenvalue weighted by molar-refractivity contribution is 7.87. The second kappa shape index (κ2) is 7.04. The summed E-state index contributed by atoms with van der Waals surface area (Å²) in [4.78, 5) is 18.7. The summed E-state index contributed by atoms with van der Waals surface area (Å²) >= 11 is 0. The van der Waals surface area contributed by atoms with Gasteiger partial charge in [-0.3, -0.25) is 4.79 Å². The molecule has 8 nitrogen and oxygen atoms in total. The Hall–Kier alpha value is -3.07. The normalized spacial score (nSPS) is 11.5. The Morgan fingerprint density at radius 2 is 2.08 bits per heavy atom. The van der Waals surface area contributed by atoms with Crippen LogP contribution in [0.2, 0.25) is 0 Å². The molecule has 9 heteroatoms. The number of carbonyl (C=O) groups excluding carboxylic acids is 1. The second-order valence-corrected chi connectivity index (χ2v) is 7.30. The van der Waals surface area contributed by atoms with Crippen LogP contribution in [-0.4, -0.2) is 24.3 Å². The maximum absolute atomic E-state index is 12.4. The highest BCUT2D eigenvalue weighted by atomic mass is 32.2. The lowest BCUT2D eigenvalue weighted by Crippen LogP contribution is -2.12. The van der Waals surface area contributed by atoms with E-state index in [9.17, 15) is 13.2 Å². The zero-order valence-electron chi connectivity index (χ0n) is 14.1. The van der Waals surface area contributed by atoms with Gasteiger partial charge in [-0.1, -0.05) is 19.9 Å². The summed E-state index contributed by atoms with van der Waals surface area (Å²) in [7, 11) is -4.06. The molecule has 0 saturated carbocycles. The van der Waals surface area contributed by atoms with Crippen LogP contribution in [0.15, 0.2) is 58.3 Å². The molecule has 2 N–H and O–H groups in total. The summed E-state index contributed by atoms with van der Waals surface area (Å²) in [6, 6.07) is 9.15. The van der Waals surface area contributed by atoms with Crippen LogP contribution in [0.3, 0.4) is 0 Å². The molecule has 1 aromatic carbocycles. The van der Waals surface area contributed by atoms with Crippen LogP contribution in [0.4, 0.5) is 5.69 Å². The Bertz CT molecular complexity index is 1010. The Kier molecular flexibility index (Phi) is 4.81. The minimum absolute atomic E-state index is 0.0547. The highest BCUT2D eigenvalue weighted by Crippen LogP contribution is 2.22. The Morgan fingerprint density at radius 3 is 2.73 bits per heavy atom. The van der Waals surface area contributed by atoms with Gasteiger partial charge in [-0.25, -0.2) is 4.98 Å². The number of hydrogen-bond acceptors (Lipinski definition) is 6. The fourth-order valence-electron chi connectivity index (χ4n) is 2.14. The van der Waals surface area contributed by atoms with Crippen LogP contribution in [-0.2, 0) is 10.1 Å². The Labute approximate surface area is 150 Å². The van der Waals surface area contributed by atoms with Crippen molar-refractivity contribution < 1.29 is 21.8 Å². The number of aromatic amines is 1. The van der Waals surface area contributed by atoms with E-state index in [1.807, 2.05) is 13.8 Å². The van der Waals surface area contributed by atoms with Gasteiger partial charge in [0.25, 0.3) is 5.91 Å². The molecule has 0 aliphatic rings. The number of nitrogens with one attached hydrogen (secondary N) is 2. The third-order valence-electron chi connectivity index (χ3n) is 3.43. The number of hydrogen-bond donors (Lipinski definition) is 2. The van der Waals surface area contributed by atoms with E-state index in [1.165, 1.54) is 30.7 Å². The van der Waals surface area contributed by atoms with E-state index < -0.39 is 16.0 Å².